The first-order valence-electron chi connectivity index (χ1n) is 9.29. The minimum Gasteiger partial charge on any atom is -0.356 e. The molecule has 158 valence electrons. The number of halogens is 1. The molecule has 1 amide bonds. The minimum absolute atomic E-state index is 0. The number of hydrogen-bond donors (Lipinski definition) is 1. The van der Waals surface area contributed by atoms with Crippen LogP contribution < -0.4 is 5.32 Å². The smallest absolute Gasteiger partial charge is 0.269 e. The van der Waals surface area contributed by atoms with Crippen molar-refractivity contribution in [1.29, 1.82) is 0 Å². The van der Waals surface area contributed by atoms with Crippen molar-refractivity contribution in [3.63, 3.8) is 0 Å². The van der Waals surface area contributed by atoms with Crippen LogP contribution in [0.2, 0.25) is 0 Å². The highest BCUT2D eigenvalue weighted by Crippen LogP contribution is 2.12. The Morgan fingerprint density at radius 2 is 1.79 bits per heavy atom. The fourth-order valence-corrected chi connectivity index (χ4v) is 2.45. The van der Waals surface area contributed by atoms with E-state index >= 15 is 0 Å². The van der Waals surface area contributed by atoms with E-state index < -0.39 is 4.92 Å². The molecule has 1 aromatic carbocycles. The van der Waals surface area contributed by atoms with E-state index in [1.807, 2.05) is 25.8 Å². The maximum absolute atomic E-state index is 12.4. The summed E-state index contributed by atoms with van der Waals surface area (Å²) < 4.78 is 0. The van der Waals surface area contributed by atoms with Gasteiger partial charge in [-0.15, -0.1) is 24.0 Å². The molecule has 0 aliphatic rings. The van der Waals surface area contributed by atoms with Gasteiger partial charge in [-0.3, -0.25) is 14.9 Å². The number of nitro groups is 1. The molecule has 0 fully saturated rings. The summed E-state index contributed by atoms with van der Waals surface area (Å²) in [5, 5.41) is 14.0. The van der Waals surface area contributed by atoms with Crippen LogP contribution in [0, 0.1) is 16.0 Å². The zero-order chi connectivity index (χ0) is 20.4. The third-order valence-electron chi connectivity index (χ3n) is 4.08. The van der Waals surface area contributed by atoms with Gasteiger partial charge in [0, 0.05) is 38.8 Å². The number of carbonyl (C=O) groups is 1. The molecule has 0 unspecified atom stereocenters. The van der Waals surface area contributed by atoms with Crippen molar-refractivity contribution in [3.8, 4) is 0 Å². The zero-order valence-corrected chi connectivity index (χ0v) is 19.7. The number of carbonyl (C=O) groups excluding carboxylic acids is 1. The highest BCUT2D eigenvalue weighted by Gasteiger charge is 2.15. The summed E-state index contributed by atoms with van der Waals surface area (Å²) >= 11 is 0. The second-order valence-corrected chi connectivity index (χ2v) is 6.76. The van der Waals surface area contributed by atoms with Gasteiger partial charge >= 0.3 is 0 Å². The molecule has 0 atom stereocenters. The maximum Gasteiger partial charge on any atom is 0.269 e. The number of nitrogens with zero attached hydrogens (tertiary/aromatic N) is 4. The molecule has 8 nitrogen and oxygen atoms in total. The van der Waals surface area contributed by atoms with Gasteiger partial charge in [-0.25, -0.2) is 4.99 Å². The Labute approximate surface area is 184 Å². The number of benzene rings is 1. The van der Waals surface area contributed by atoms with Crippen LogP contribution >= 0.6 is 24.0 Å². The fourth-order valence-electron chi connectivity index (χ4n) is 2.45. The summed E-state index contributed by atoms with van der Waals surface area (Å²) in [7, 11) is 1.84. The number of amides is 1. The van der Waals surface area contributed by atoms with Gasteiger partial charge in [-0.1, -0.05) is 26.0 Å². The number of aliphatic imine (C=N–C) groups is 1. The van der Waals surface area contributed by atoms with Crippen molar-refractivity contribution >= 4 is 41.5 Å². The van der Waals surface area contributed by atoms with Crippen molar-refractivity contribution in [2.24, 2.45) is 10.9 Å². The van der Waals surface area contributed by atoms with Crippen LogP contribution in [0.15, 0.2) is 29.3 Å². The lowest BCUT2D eigenvalue weighted by Crippen LogP contribution is -2.46. The molecule has 9 heteroatoms. The summed E-state index contributed by atoms with van der Waals surface area (Å²) in [6.07, 6.45) is 0. The molecule has 0 aliphatic heterocycles. The fraction of sp³-hybridized carbons (Fsp3) is 0.579. The molecule has 0 saturated heterocycles. The van der Waals surface area contributed by atoms with Crippen LogP contribution in [0.1, 0.15) is 33.3 Å². The zero-order valence-electron chi connectivity index (χ0n) is 17.3. The second kappa shape index (κ2) is 13.3. The van der Waals surface area contributed by atoms with Crippen LogP contribution in [0.5, 0.6) is 0 Å². The first-order chi connectivity index (χ1) is 12.8. The van der Waals surface area contributed by atoms with Gasteiger partial charge in [0.15, 0.2) is 5.96 Å². The third-order valence-corrected chi connectivity index (χ3v) is 4.08. The molecule has 0 bridgehead atoms. The predicted molar refractivity (Wildman–Crippen MR) is 123 cm³/mol. The molecule has 1 N–H and O–H groups in total. The number of nitrogens with one attached hydrogen (secondary N) is 1. The molecular formula is C19H32IN5O3. The van der Waals surface area contributed by atoms with Crippen LogP contribution in [0.4, 0.5) is 5.69 Å². The number of nitro benzene ring substituents is 1. The highest BCUT2D eigenvalue weighted by atomic mass is 127. The first kappa shape index (κ1) is 26.1. The Morgan fingerprint density at radius 1 is 1.21 bits per heavy atom. The van der Waals surface area contributed by atoms with Crippen LogP contribution in [-0.2, 0) is 11.3 Å². The van der Waals surface area contributed by atoms with E-state index in [0.717, 1.165) is 12.1 Å². The predicted octanol–water partition coefficient (Wildman–Crippen LogP) is 3.11. The van der Waals surface area contributed by atoms with Gasteiger partial charge < -0.3 is 15.1 Å². The van der Waals surface area contributed by atoms with Crippen molar-refractivity contribution in [2.75, 3.05) is 33.2 Å². The Morgan fingerprint density at radius 3 is 2.25 bits per heavy atom. The molecular weight excluding hydrogens is 473 g/mol. The average molecular weight is 505 g/mol. The summed E-state index contributed by atoms with van der Waals surface area (Å²) in [5.74, 6) is 1.13. The van der Waals surface area contributed by atoms with Crippen molar-refractivity contribution in [3.05, 3.63) is 39.9 Å². The number of hydrogen-bond acceptors (Lipinski definition) is 4. The molecule has 0 radical (unpaired) electrons. The maximum atomic E-state index is 12.4. The Kier molecular flexibility index (Phi) is 12.4. The SMILES string of the molecule is CCN(CC)C(=O)CN(C)C(=NCc1ccc([N+](=O)[O-])cc1)NCC(C)C.I. The molecule has 1 rings (SSSR count). The van der Waals surface area contributed by atoms with Gasteiger partial charge in [0.1, 0.15) is 0 Å². The van der Waals surface area contributed by atoms with E-state index in [1.165, 1.54) is 12.1 Å². The Bertz CT molecular complexity index is 645. The lowest BCUT2D eigenvalue weighted by Gasteiger charge is -2.26. The number of non-ortho nitro benzene ring substituents is 1. The van der Waals surface area contributed by atoms with Gasteiger partial charge in [0.05, 0.1) is 18.0 Å². The molecule has 0 aromatic heterocycles. The van der Waals surface area contributed by atoms with E-state index in [1.54, 1.807) is 17.0 Å². The minimum atomic E-state index is -0.421. The standard InChI is InChI=1S/C19H31N5O3.HI/c1-6-23(7-2)18(25)14-22(5)19(20-12-15(3)4)21-13-16-8-10-17(11-9-16)24(26)27;/h8-11,15H,6-7,12-14H2,1-5H3,(H,20,21);1H. The van der Waals surface area contributed by atoms with Gasteiger partial charge in [-0.05, 0) is 25.3 Å². The van der Waals surface area contributed by atoms with E-state index in [4.69, 9.17) is 0 Å². The largest absolute Gasteiger partial charge is 0.356 e. The lowest BCUT2D eigenvalue weighted by molar-refractivity contribution is -0.384. The van der Waals surface area contributed by atoms with Gasteiger partial charge in [0.25, 0.3) is 5.69 Å². The lowest BCUT2D eigenvalue weighted by atomic mass is 10.2. The second-order valence-electron chi connectivity index (χ2n) is 6.76. The molecule has 0 aliphatic carbocycles. The average Bonchev–Trinajstić information content (AvgIpc) is 2.62. The van der Waals surface area contributed by atoms with Crippen LogP contribution in [0.3, 0.4) is 0 Å². The van der Waals surface area contributed by atoms with E-state index in [9.17, 15) is 14.9 Å². The topological polar surface area (TPSA) is 91.1 Å². The quantitative estimate of drug-likeness (QED) is 0.183. The molecule has 0 spiro atoms. The normalized spacial score (nSPS) is 11.0. The van der Waals surface area contributed by atoms with E-state index in [2.05, 4.69) is 24.2 Å². The first-order valence-corrected chi connectivity index (χ1v) is 9.29. The molecule has 0 heterocycles. The highest BCUT2D eigenvalue weighted by molar-refractivity contribution is 14.0. The number of rotatable bonds is 9. The summed E-state index contributed by atoms with van der Waals surface area (Å²) in [5.41, 5.74) is 0.927. The van der Waals surface area contributed by atoms with Crippen molar-refractivity contribution in [2.45, 2.75) is 34.2 Å². The Hall–Kier alpha value is -1.91. The summed E-state index contributed by atoms with van der Waals surface area (Å²) in [6, 6.07) is 6.34. The number of guanidine groups is 1. The van der Waals surface area contributed by atoms with Gasteiger partial charge in [0.2, 0.25) is 5.91 Å². The molecule has 1 aromatic rings. The monoisotopic (exact) mass is 505 g/mol. The Balaban J connectivity index is 0.00000729. The van der Waals surface area contributed by atoms with E-state index in [0.29, 0.717) is 31.5 Å². The summed E-state index contributed by atoms with van der Waals surface area (Å²) in [6.45, 7) is 10.8. The van der Waals surface area contributed by atoms with Crippen molar-refractivity contribution in [1.82, 2.24) is 15.1 Å². The molecule has 28 heavy (non-hydrogen) atoms. The number of likely N-dealkylation sites (N-methyl/N-ethyl adjacent to an activating group) is 2. The van der Waals surface area contributed by atoms with Crippen LogP contribution in [-0.4, -0.2) is 59.8 Å². The van der Waals surface area contributed by atoms with Gasteiger partial charge in [-0.2, -0.15) is 0 Å². The molecule has 0 saturated carbocycles. The third kappa shape index (κ3) is 8.85. The van der Waals surface area contributed by atoms with Crippen LogP contribution in [0.25, 0.3) is 0 Å². The van der Waals surface area contributed by atoms with Crippen molar-refractivity contribution < 1.29 is 9.72 Å². The van der Waals surface area contributed by atoms with E-state index in [-0.39, 0.29) is 42.1 Å². The summed E-state index contributed by atoms with van der Waals surface area (Å²) in [4.78, 5) is 30.9.